The van der Waals surface area contributed by atoms with Crippen molar-refractivity contribution in [2.75, 3.05) is 0 Å². The maximum absolute atomic E-state index is 11.3. The van der Waals surface area contributed by atoms with E-state index in [0.29, 0.717) is 5.56 Å². The second-order valence-electron chi connectivity index (χ2n) is 3.04. The van der Waals surface area contributed by atoms with Crippen LogP contribution in [-0.2, 0) is 16.1 Å². The molecule has 0 saturated carbocycles. The van der Waals surface area contributed by atoms with Gasteiger partial charge in [0.25, 0.3) is 0 Å². The normalized spacial score (nSPS) is 13.5. The molecule has 0 aliphatic carbocycles. The number of hydrogen-bond donors (Lipinski definition) is 0. The van der Waals surface area contributed by atoms with E-state index in [1.807, 2.05) is 0 Å². The van der Waals surface area contributed by atoms with E-state index in [0.717, 1.165) is 0 Å². The Balaban J connectivity index is 2.80. The largest absolute Gasteiger partial charge is 0.461 e. The molecular weight excluding hydrogens is 164 g/mol. The number of carbonyl (C=O) groups is 1. The third-order valence-electron chi connectivity index (χ3n) is 1.51. The predicted octanol–water partition coefficient (Wildman–Crippen LogP) is 2.39. The molecule has 70 valence electrons. The van der Waals surface area contributed by atoms with E-state index in [-0.39, 0.29) is 5.92 Å². The molecule has 13 heavy (non-hydrogen) atoms. The molecule has 0 heterocycles. The Bertz CT molecular complexity index is 334. The third kappa shape index (κ3) is 3.28. The maximum Gasteiger partial charge on any atom is 0.308 e. The average Bonchev–Trinajstić information content (AvgIpc) is 2.18. The van der Waals surface area contributed by atoms with E-state index >= 15 is 0 Å². The van der Waals surface area contributed by atoms with Crippen molar-refractivity contribution in [3.63, 3.8) is 0 Å². The van der Waals surface area contributed by atoms with Gasteiger partial charge in [0.05, 0.1) is 8.66 Å². The van der Waals surface area contributed by atoms with Gasteiger partial charge in [-0.1, -0.05) is 44.2 Å². The summed E-state index contributed by atoms with van der Waals surface area (Å²) < 4.78 is 20.0. The molecule has 1 aromatic carbocycles. The summed E-state index contributed by atoms with van der Waals surface area (Å²) in [6.07, 6.45) is 0. The first kappa shape index (κ1) is 7.13. The van der Waals surface area contributed by atoms with E-state index in [9.17, 15) is 4.79 Å². The Morgan fingerprint density at radius 3 is 2.62 bits per heavy atom. The summed E-state index contributed by atoms with van der Waals surface area (Å²) in [5, 5.41) is 0. The van der Waals surface area contributed by atoms with Crippen molar-refractivity contribution in [2.24, 2.45) is 5.92 Å². The number of carbonyl (C=O) groups excluding carboxylic acids is 1. The van der Waals surface area contributed by atoms with Crippen LogP contribution in [0.25, 0.3) is 0 Å². The minimum Gasteiger partial charge on any atom is -0.461 e. The first-order valence-electron chi connectivity index (χ1n) is 5.22. The number of esters is 1. The van der Waals surface area contributed by atoms with Crippen LogP contribution in [0.15, 0.2) is 30.3 Å². The molecule has 0 bridgehead atoms. The van der Waals surface area contributed by atoms with Crippen molar-refractivity contribution in [3.05, 3.63) is 35.9 Å². The summed E-state index contributed by atoms with van der Waals surface area (Å²) in [7, 11) is 0. The molecule has 2 nitrogen and oxygen atoms in total. The summed E-state index contributed by atoms with van der Waals surface area (Å²) in [5.41, 5.74) is 0.346. The monoisotopic (exact) mass is 180 g/mol. The first-order valence-corrected chi connectivity index (χ1v) is 4.22. The van der Waals surface area contributed by atoms with Gasteiger partial charge in [-0.3, -0.25) is 4.79 Å². The highest BCUT2D eigenvalue weighted by molar-refractivity contribution is 5.71. The van der Waals surface area contributed by atoms with Crippen molar-refractivity contribution in [1.82, 2.24) is 0 Å². The van der Waals surface area contributed by atoms with Gasteiger partial charge in [0.2, 0.25) is 0 Å². The zero-order valence-corrected chi connectivity index (χ0v) is 7.78. The zero-order chi connectivity index (χ0) is 11.5. The van der Waals surface area contributed by atoms with E-state index in [1.165, 1.54) is 0 Å². The Hall–Kier alpha value is -1.31. The molecule has 0 amide bonds. The van der Waals surface area contributed by atoms with Gasteiger partial charge < -0.3 is 4.74 Å². The van der Waals surface area contributed by atoms with Crippen LogP contribution < -0.4 is 0 Å². The number of rotatable bonds is 3. The standard InChI is InChI=1S/C11H14O2/c1-9(2)11(12)13-8-10-6-4-3-5-7-10/h3-7,9H,8H2,1-2H3/i8D2. The Labute approximate surface area is 81.3 Å². The minimum absolute atomic E-state index is 0.330. The van der Waals surface area contributed by atoms with Crippen LogP contribution in [0.4, 0.5) is 0 Å². The second kappa shape index (κ2) is 4.65. The van der Waals surface area contributed by atoms with Gasteiger partial charge in [-0.15, -0.1) is 0 Å². The average molecular weight is 180 g/mol. The van der Waals surface area contributed by atoms with Crippen LogP contribution >= 0.6 is 0 Å². The lowest BCUT2D eigenvalue weighted by Gasteiger charge is -2.06. The second-order valence-corrected chi connectivity index (χ2v) is 3.04. The molecular formula is C11H14O2. The summed E-state index contributed by atoms with van der Waals surface area (Å²) in [6.45, 7) is 1.29. The molecule has 1 rings (SSSR count). The SMILES string of the molecule is [2H]C([2H])(OC(=O)C(C)C)c1ccccc1. The molecule has 0 N–H and O–H groups in total. The molecule has 1 aromatic rings. The van der Waals surface area contributed by atoms with Gasteiger partial charge in [0.15, 0.2) is 0 Å². The van der Waals surface area contributed by atoms with Gasteiger partial charge in [0, 0.05) is 0 Å². The van der Waals surface area contributed by atoms with Crippen LogP contribution in [0.1, 0.15) is 22.2 Å². The van der Waals surface area contributed by atoms with Gasteiger partial charge in [-0.2, -0.15) is 0 Å². The Kier molecular flexibility index (Phi) is 2.55. The summed E-state index contributed by atoms with van der Waals surface area (Å²) >= 11 is 0. The highest BCUT2D eigenvalue weighted by Gasteiger charge is 2.07. The van der Waals surface area contributed by atoms with Crippen LogP contribution in [-0.4, -0.2) is 5.97 Å². The number of ether oxygens (including phenoxy) is 1. The molecule has 0 spiro atoms. The Morgan fingerprint density at radius 1 is 1.46 bits per heavy atom. The van der Waals surface area contributed by atoms with E-state index in [1.54, 1.807) is 44.2 Å². The van der Waals surface area contributed by atoms with E-state index in [2.05, 4.69) is 0 Å². The fraction of sp³-hybridized carbons (Fsp3) is 0.364. The van der Waals surface area contributed by atoms with E-state index < -0.39 is 12.5 Å². The molecule has 2 heteroatoms. The van der Waals surface area contributed by atoms with Crippen LogP contribution in [0, 0.1) is 5.92 Å². The lowest BCUT2D eigenvalue weighted by molar-refractivity contribution is -0.148. The molecule has 0 unspecified atom stereocenters. The molecule has 0 aliphatic heterocycles. The fourth-order valence-electron chi connectivity index (χ4n) is 0.733. The van der Waals surface area contributed by atoms with Crippen LogP contribution in [0.2, 0.25) is 0 Å². The van der Waals surface area contributed by atoms with Crippen molar-refractivity contribution in [2.45, 2.75) is 20.4 Å². The van der Waals surface area contributed by atoms with Gasteiger partial charge in [-0.05, 0) is 5.56 Å². The Morgan fingerprint density at radius 2 is 2.08 bits per heavy atom. The van der Waals surface area contributed by atoms with Gasteiger partial charge in [0.1, 0.15) is 6.56 Å². The van der Waals surface area contributed by atoms with Gasteiger partial charge >= 0.3 is 5.97 Å². The molecule has 0 fully saturated rings. The summed E-state index contributed by atoms with van der Waals surface area (Å²) in [5.74, 6) is -0.868. The molecule has 0 aliphatic rings. The van der Waals surface area contributed by atoms with Crippen molar-refractivity contribution in [3.8, 4) is 0 Å². The lowest BCUT2D eigenvalue weighted by atomic mass is 10.2. The zero-order valence-electron chi connectivity index (χ0n) is 9.78. The van der Waals surface area contributed by atoms with E-state index in [4.69, 9.17) is 7.48 Å². The van der Waals surface area contributed by atoms with Gasteiger partial charge in [-0.25, -0.2) is 0 Å². The van der Waals surface area contributed by atoms with Crippen molar-refractivity contribution < 1.29 is 12.3 Å². The van der Waals surface area contributed by atoms with Crippen molar-refractivity contribution >= 4 is 5.97 Å². The number of benzene rings is 1. The first-order chi connectivity index (χ1) is 6.93. The fourth-order valence-corrected chi connectivity index (χ4v) is 0.733. The quantitative estimate of drug-likeness (QED) is 0.667. The van der Waals surface area contributed by atoms with Crippen LogP contribution in [0.3, 0.4) is 0 Å². The number of hydrogen-bond acceptors (Lipinski definition) is 2. The predicted molar refractivity (Wildman–Crippen MR) is 51.1 cm³/mol. The third-order valence-corrected chi connectivity index (χ3v) is 1.51. The molecule has 0 saturated heterocycles. The molecule has 0 radical (unpaired) electrons. The smallest absolute Gasteiger partial charge is 0.308 e. The summed E-state index contributed by atoms with van der Waals surface area (Å²) in [4.78, 5) is 11.3. The minimum atomic E-state index is -2.05. The highest BCUT2D eigenvalue weighted by Crippen LogP contribution is 2.03. The summed E-state index contributed by atoms with van der Waals surface area (Å²) in [6, 6.07) is 8.37. The topological polar surface area (TPSA) is 26.3 Å². The van der Waals surface area contributed by atoms with Crippen molar-refractivity contribution in [1.29, 1.82) is 0 Å². The van der Waals surface area contributed by atoms with Crippen LogP contribution in [0.5, 0.6) is 0 Å². The molecule has 0 atom stereocenters. The highest BCUT2D eigenvalue weighted by atomic mass is 16.5. The lowest BCUT2D eigenvalue weighted by Crippen LogP contribution is -2.11. The molecule has 0 aromatic heterocycles. The maximum atomic E-state index is 11.3.